The van der Waals surface area contributed by atoms with E-state index in [2.05, 4.69) is 33.4 Å². The van der Waals surface area contributed by atoms with Crippen LogP contribution in [0, 0.1) is 0 Å². The fourth-order valence-electron chi connectivity index (χ4n) is 3.21. The average Bonchev–Trinajstić information content (AvgIpc) is 3.28. The maximum Gasteiger partial charge on any atom is 0.272 e. The van der Waals surface area contributed by atoms with E-state index >= 15 is 0 Å². The van der Waals surface area contributed by atoms with E-state index in [0.29, 0.717) is 16.6 Å². The fraction of sp³-hybridized carbons (Fsp3) is 0.115. The molecule has 4 aromatic rings. The monoisotopic (exact) mass is 502 g/mol. The van der Waals surface area contributed by atoms with Crippen LogP contribution in [0.1, 0.15) is 29.3 Å². The van der Waals surface area contributed by atoms with Gasteiger partial charge in [0.1, 0.15) is 11.4 Å². The van der Waals surface area contributed by atoms with Crippen molar-refractivity contribution in [1.29, 1.82) is 0 Å². The number of para-hydroxylation sites is 1. The molecule has 0 saturated carbocycles. The lowest BCUT2D eigenvalue weighted by atomic mass is 10.1. The van der Waals surface area contributed by atoms with Gasteiger partial charge < -0.3 is 4.74 Å². The highest BCUT2D eigenvalue weighted by atomic mass is 79.9. The lowest BCUT2D eigenvalue weighted by Gasteiger charge is -2.05. The van der Waals surface area contributed by atoms with Crippen LogP contribution < -0.4 is 10.2 Å². The first-order valence-corrected chi connectivity index (χ1v) is 11.4. The Kier molecular flexibility index (Phi) is 7.32. The molecule has 7 heteroatoms. The molecule has 0 saturated heterocycles. The standard InChI is InChI=1S/C26H23BrN4O2/c1-2-16-33-22-14-12-19(13-15-22)25-20(18-31(30-25)21-8-4-3-5-9-21)17-28-29-26(32)23-10-6-7-11-24(23)27/h3-15,17-18H,2,16H2,1H3,(H,29,32)/b28-17+. The molecular weight excluding hydrogens is 480 g/mol. The maximum absolute atomic E-state index is 12.5. The first-order chi connectivity index (χ1) is 16.2. The van der Waals surface area contributed by atoms with Crippen LogP contribution in [0.15, 0.2) is 94.6 Å². The van der Waals surface area contributed by atoms with Crippen LogP contribution >= 0.6 is 15.9 Å². The zero-order valence-corrected chi connectivity index (χ0v) is 19.7. The van der Waals surface area contributed by atoms with Gasteiger partial charge in [-0.25, -0.2) is 10.1 Å². The lowest BCUT2D eigenvalue weighted by Crippen LogP contribution is -2.18. The summed E-state index contributed by atoms with van der Waals surface area (Å²) in [6, 6.07) is 24.9. The summed E-state index contributed by atoms with van der Waals surface area (Å²) in [7, 11) is 0. The van der Waals surface area contributed by atoms with Crippen molar-refractivity contribution in [2.24, 2.45) is 5.10 Å². The van der Waals surface area contributed by atoms with Gasteiger partial charge in [-0.1, -0.05) is 37.3 Å². The third-order valence-corrected chi connectivity index (χ3v) is 5.54. The molecule has 33 heavy (non-hydrogen) atoms. The highest BCUT2D eigenvalue weighted by Gasteiger charge is 2.12. The summed E-state index contributed by atoms with van der Waals surface area (Å²) < 4.78 is 8.20. The number of ether oxygens (including phenoxy) is 1. The summed E-state index contributed by atoms with van der Waals surface area (Å²) in [6.45, 7) is 2.75. The number of carbonyl (C=O) groups excluding carboxylic acids is 1. The minimum atomic E-state index is -0.298. The van der Waals surface area contributed by atoms with Gasteiger partial charge in [0.05, 0.1) is 24.1 Å². The molecule has 1 aromatic heterocycles. The van der Waals surface area contributed by atoms with E-state index in [-0.39, 0.29) is 5.91 Å². The topological polar surface area (TPSA) is 68.5 Å². The minimum Gasteiger partial charge on any atom is -0.494 e. The van der Waals surface area contributed by atoms with E-state index in [4.69, 9.17) is 9.84 Å². The SMILES string of the molecule is CCCOc1ccc(-c2nn(-c3ccccc3)cc2/C=N/NC(=O)c2ccccc2Br)cc1. The summed E-state index contributed by atoms with van der Waals surface area (Å²) in [5.74, 6) is 0.521. The Hall–Kier alpha value is -3.71. The van der Waals surface area contributed by atoms with E-state index in [1.54, 1.807) is 23.0 Å². The van der Waals surface area contributed by atoms with Crippen LogP contribution in [0.2, 0.25) is 0 Å². The molecule has 0 spiro atoms. The Balaban J connectivity index is 1.62. The number of benzene rings is 3. The van der Waals surface area contributed by atoms with Gasteiger partial charge in [-0.15, -0.1) is 0 Å². The minimum absolute atomic E-state index is 0.298. The van der Waals surface area contributed by atoms with Crippen LogP contribution in [-0.4, -0.2) is 28.5 Å². The normalized spacial score (nSPS) is 11.0. The molecule has 0 radical (unpaired) electrons. The first kappa shape index (κ1) is 22.5. The zero-order valence-electron chi connectivity index (χ0n) is 18.1. The van der Waals surface area contributed by atoms with Gasteiger partial charge in [0, 0.05) is 21.8 Å². The molecule has 0 aliphatic carbocycles. The van der Waals surface area contributed by atoms with Gasteiger partial charge in [0.15, 0.2) is 0 Å². The Morgan fingerprint density at radius 3 is 2.52 bits per heavy atom. The molecule has 3 aromatic carbocycles. The quantitative estimate of drug-likeness (QED) is 0.242. The van der Waals surface area contributed by atoms with Gasteiger partial charge in [0.2, 0.25) is 0 Å². The number of hydrazone groups is 1. The molecule has 166 valence electrons. The fourth-order valence-corrected chi connectivity index (χ4v) is 3.68. The molecule has 0 atom stereocenters. The predicted molar refractivity (Wildman–Crippen MR) is 134 cm³/mol. The number of aromatic nitrogens is 2. The number of amides is 1. The molecule has 0 aliphatic rings. The largest absolute Gasteiger partial charge is 0.494 e. The number of halogens is 1. The van der Waals surface area contributed by atoms with E-state index in [1.807, 2.05) is 72.9 Å². The summed E-state index contributed by atoms with van der Waals surface area (Å²) in [5, 5.41) is 8.96. The smallest absolute Gasteiger partial charge is 0.272 e. The Morgan fingerprint density at radius 1 is 1.06 bits per heavy atom. The molecule has 1 N–H and O–H groups in total. The van der Waals surface area contributed by atoms with Gasteiger partial charge in [-0.3, -0.25) is 4.79 Å². The second-order valence-electron chi connectivity index (χ2n) is 7.26. The molecule has 0 unspecified atom stereocenters. The third-order valence-electron chi connectivity index (χ3n) is 4.85. The summed E-state index contributed by atoms with van der Waals surface area (Å²) in [5.41, 5.74) is 6.48. The molecule has 0 fully saturated rings. The van der Waals surface area contributed by atoms with Crippen molar-refractivity contribution < 1.29 is 9.53 Å². The maximum atomic E-state index is 12.5. The Morgan fingerprint density at radius 2 is 1.79 bits per heavy atom. The number of nitrogens with one attached hydrogen (secondary N) is 1. The second-order valence-corrected chi connectivity index (χ2v) is 8.12. The summed E-state index contributed by atoms with van der Waals surface area (Å²) in [4.78, 5) is 12.5. The highest BCUT2D eigenvalue weighted by molar-refractivity contribution is 9.10. The number of rotatable bonds is 8. The highest BCUT2D eigenvalue weighted by Crippen LogP contribution is 2.25. The summed E-state index contributed by atoms with van der Waals surface area (Å²) in [6.07, 6.45) is 4.45. The molecule has 6 nitrogen and oxygen atoms in total. The van der Waals surface area contributed by atoms with Crippen molar-refractivity contribution in [3.8, 4) is 22.7 Å². The van der Waals surface area contributed by atoms with Crippen LogP contribution in [0.5, 0.6) is 5.75 Å². The molecule has 1 amide bonds. The Bertz CT molecular complexity index is 1250. The van der Waals surface area contributed by atoms with E-state index in [1.165, 1.54) is 0 Å². The van der Waals surface area contributed by atoms with E-state index < -0.39 is 0 Å². The van der Waals surface area contributed by atoms with Crippen LogP contribution in [-0.2, 0) is 0 Å². The average molecular weight is 503 g/mol. The third kappa shape index (κ3) is 5.56. The van der Waals surface area contributed by atoms with Crippen molar-refractivity contribution in [2.75, 3.05) is 6.61 Å². The zero-order chi connectivity index (χ0) is 23.0. The molecule has 0 bridgehead atoms. The lowest BCUT2D eigenvalue weighted by molar-refractivity contribution is 0.0954. The van der Waals surface area contributed by atoms with Crippen LogP contribution in [0.25, 0.3) is 16.9 Å². The number of nitrogens with zero attached hydrogens (tertiary/aromatic N) is 3. The van der Waals surface area contributed by atoms with Crippen molar-refractivity contribution in [3.63, 3.8) is 0 Å². The van der Waals surface area contributed by atoms with Gasteiger partial charge >= 0.3 is 0 Å². The molecule has 1 heterocycles. The van der Waals surface area contributed by atoms with Crippen molar-refractivity contribution in [1.82, 2.24) is 15.2 Å². The summed E-state index contributed by atoms with van der Waals surface area (Å²) >= 11 is 3.39. The van der Waals surface area contributed by atoms with Crippen molar-refractivity contribution in [3.05, 3.63) is 101 Å². The number of carbonyl (C=O) groups is 1. The predicted octanol–water partition coefficient (Wildman–Crippen LogP) is 5.85. The molecule has 0 aliphatic heterocycles. The Labute approximate surface area is 201 Å². The van der Waals surface area contributed by atoms with E-state index in [9.17, 15) is 4.79 Å². The molecular formula is C26H23BrN4O2. The van der Waals surface area contributed by atoms with Crippen molar-refractivity contribution >= 4 is 28.1 Å². The van der Waals surface area contributed by atoms with Crippen molar-refractivity contribution in [2.45, 2.75) is 13.3 Å². The van der Waals surface area contributed by atoms with Crippen LogP contribution in [0.4, 0.5) is 0 Å². The molecule has 4 rings (SSSR count). The van der Waals surface area contributed by atoms with Crippen LogP contribution in [0.3, 0.4) is 0 Å². The second kappa shape index (κ2) is 10.7. The van der Waals surface area contributed by atoms with Gasteiger partial charge in [0.25, 0.3) is 5.91 Å². The number of hydrogen-bond donors (Lipinski definition) is 1. The van der Waals surface area contributed by atoms with Gasteiger partial charge in [-0.2, -0.15) is 10.2 Å². The van der Waals surface area contributed by atoms with Gasteiger partial charge in [-0.05, 0) is 70.9 Å². The first-order valence-electron chi connectivity index (χ1n) is 10.6. The van der Waals surface area contributed by atoms with E-state index in [0.717, 1.165) is 34.7 Å². The number of hydrogen-bond acceptors (Lipinski definition) is 4.